The van der Waals surface area contributed by atoms with Crippen molar-refractivity contribution in [3.05, 3.63) is 102 Å². The fourth-order valence-corrected chi connectivity index (χ4v) is 3.59. The molecule has 0 aliphatic carbocycles. The summed E-state index contributed by atoms with van der Waals surface area (Å²) in [6, 6.07) is 10.2. The molecule has 4 rings (SSSR count). The second-order valence-corrected chi connectivity index (χ2v) is 8.33. The van der Waals surface area contributed by atoms with E-state index in [-0.39, 0.29) is 38.2 Å². The summed E-state index contributed by atoms with van der Waals surface area (Å²) in [5.41, 5.74) is -3.50. The maximum atomic E-state index is 13.8. The molecule has 0 unspecified atom stereocenters. The first-order valence-electron chi connectivity index (χ1n) is 10.1. The maximum absolute atomic E-state index is 13.8. The number of ether oxygens (including phenoxy) is 1. The number of nitriles is 1. The van der Waals surface area contributed by atoms with Crippen LogP contribution < -0.4 is 15.9 Å². The number of rotatable bonds is 5. The van der Waals surface area contributed by atoms with Gasteiger partial charge in [-0.3, -0.25) is 9.59 Å². The zero-order valence-electron chi connectivity index (χ0n) is 18.1. The van der Waals surface area contributed by atoms with Crippen LogP contribution in [0.4, 0.5) is 17.6 Å². The van der Waals surface area contributed by atoms with Crippen LogP contribution in [0.5, 0.6) is 11.5 Å². The molecule has 4 aromatic rings. The molecule has 0 fully saturated rings. The number of aromatic nitrogens is 4. The Morgan fingerprint density at radius 3 is 2.49 bits per heavy atom. The molecule has 0 saturated heterocycles. The number of hydrogen-bond acceptors (Lipinski definition) is 6. The van der Waals surface area contributed by atoms with Gasteiger partial charge in [-0.25, -0.2) is 14.5 Å². The molecule has 0 aliphatic rings. The largest absolute Gasteiger partial charge is 0.449 e. The Hall–Kier alpha value is -4.21. The van der Waals surface area contributed by atoms with Gasteiger partial charge in [0.2, 0.25) is 5.75 Å². The predicted octanol–water partition coefficient (Wildman–Crippen LogP) is 5.24. The fraction of sp³-hybridized carbons (Fsp3) is 0.0870. The Labute approximate surface area is 214 Å². The Bertz CT molecular complexity index is 1680. The highest BCUT2D eigenvalue weighted by Crippen LogP contribution is 2.35. The number of hydrogen-bond donors (Lipinski definition) is 2. The molecule has 0 radical (unpaired) electrons. The Balaban J connectivity index is 1.74. The van der Waals surface area contributed by atoms with Crippen LogP contribution in [0.2, 0.25) is 10.0 Å². The highest BCUT2D eigenvalue weighted by atomic mass is 35.5. The third kappa shape index (κ3) is 5.79. The van der Waals surface area contributed by atoms with Crippen molar-refractivity contribution >= 4 is 23.2 Å². The van der Waals surface area contributed by atoms with Crippen LogP contribution >= 0.6 is 23.2 Å². The average molecular weight is 552 g/mol. The van der Waals surface area contributed by atoms with E-state index in [1.165, 1.54) is 24.3 Å². The van der Waals surface area contributed by atoms with Gasteiger partial charge in [-0.1, -0.05) is 29.3 Å². The van der Waals surface area contributed by atoms with Gasteiger partial charge in [0.05, 0.1) is 22.3 Å². The minimum Gasteiger partial charge on any atom is -0.449 e. The Morgan fingerprint density at radius 1 is 1.05 bits per heavy atom. The number of H-pyrrole nitrogens is 2. The number of halogens is 6. The average Bonchev–Trinajstić information content (AvgIpc) is 2.82. The van der Waals surface area contributed by atoms with E-state index in [0.29, 0.717) is 0 Å². The van der Waals surface area contributed by atoms with Crippen molar-refractivity contribution in [2.24, 2.45) is 0 Å². The van der Waals surface area contributed by atoms with Crippen LogP contribution in [0.1, 0.15) is 22.6 Å². The highest BCUT2D eigenvalue weighted by Gasteiger charge is 2.39. The molecule has 8 nitrogen and oxygen atoms in total. The van der Waals surface area contributed by atoms with E-state index in [4.69, 9.17) is 33.2 Å². The molecule has 14 heteroatoms. The molecular formula is C23H11Cl2F4N5O3. The van der Waals surface area contributed by atoms with E-state index in [0.717, 1.165) is 18.2 Å². The number of aromatic amines is 2. The molecule has 37 heavy (non-hydrogen) atoms. The van der Waals surface area contributed by atoms with Gasteiger partial charge in [0.1, 0.15) is 17.4 Å². The molecule has 188 valence electrons. The van der Waals surface area contributed by atoms with Crippen LogP contribution in [-0.2, 0) is 12.6 Å². The lowest BCUT2D eigenvalue weighted by atomic mass is 10.1. The van der Waals surface area contributed by atoms with Crippen molar-refractivity contribution < 1.29 is 22.3 Å². The summed E-state index contributed by atoms with van der Waals surface area (Å²) in [6.45, 7) is 0. The SMILES string of the molecule is N#Cc1cc(Cl)cc(Oc2c(C(F)(F)F)nc(Cc3cc(-c4ccc(Cl)c(F)c4)n[nH]c3=O)[nH]c2=O)c1. The molecule has 2 aromatic carbocycles. The fourth-order valence-electron chi connectivity index (χ4n) is 3.24. The van der Waals surface area contributed by atoms with E-state index in [1.807, 2.05) is 0 Å². The van der Waals surface area contributed by atoms with Crippen LogP contribution in [0, 0.1) is 17.1 Å². The van der Waals surface area contributed by atoms with Crippen LogP contribution in [-0.4, -0.2) is 20.2 Å². The van der Waals surface area contributed by atoms with Crippen molar-refractivity contribution in [2.45, 2.75) is 12.6 Å². The summed E-state index contributed by atoms with van der Waals surface area (Å²) < 4.78 is 60.4. The van der Waals surface area contributed by atoms with E-state index in [1.54, 1.807) is 6.07 Å². The van der Waals surface area contributed by atoms with Gasteiger partial charge < -0.3 is 9.72 Å². The van der Waals surface area contributed by atoms with Gasteiger partial charge in [0.25, 0.3) is 11.1 Å². The van der Waals surface area contributed by atoms with Crippen LogP contribution in [0.3, 0.4) is 0 Å². The minimum atomic E-state index is -5.12. The van der Waals surface area contributed by atoms with E-state index < -0.39 is 46.8 Å². The van der Waals surface area contributed by atoms with E-state index in [9.17, 15) is 27.2 Å². The molecular weight excluding hydrogens is 541 g/mol. The Morgan fingerprint density at radius 2 is 1.81 bits per heavy atom. The van der Waals surface area contributed by atoms with Crippen molar-refractivity contribution in [1.29, 1.82) is 5.26 Å². The summed E-state index contributed by atoms with van der Waals surface area (Å²) in [5, 5.41) is 14.9. The summed E-state index contributed by atoms with van der Waals surface area (Å²) in [4.78, 5) is 30.5. The molecule has 0 aliphatic heterocycles. The van der Waals surface area contributed by atoms with Gasteiger partial charge in [-0.05, 0) is 36.4 Å². The standard InChI is InChI=1S/C23H11Cl2F4N5O3/c24-13-3-10(9-30)4-14(8-13)37-19-20(23(27,28)29)31-18(32-22(19)36)7-12-6-17(33-34-21(12)35)11-1-2-15(25)16(26)5-11/h1-6,8H,7H2,(H,34,35)(H,31,32,36). The number of alkyl halides is 3. The van der Waals surface area contributed by atoms with Crippen molar-refractivity contribution in [1.82, 2.24) is 20.2 Å². The van der Waals surface area contributed by atoms with Crippen molar-refractivity contribution in [2.75, 3.05) is 0 Å². The second kappa shape index (κ2) is 10.0. The Kier molecular flexibility index (Phi) is 7.02. The number of nitrogens with zero attached hydrogens (tertiary/aromatic N) is 3. The summed E-state index contributed by atoms with van der Waals surface area (Å²) in [5.74, 6) is -2.71. The quantitative estimate of drug-likeness (QED) is 0.327. The summed E-state index contributed by atoms with van der Waals surface area (Å²) in [6.07, 6.45) is -5.65. The zero-order valence-corrected chi connectivity index (χ0v) is 19.6. The van der Waals surface area contributed by atoms with Gasteiger partial charge in [-0.2, -0.15) is 23.5 Å². The van der Waals surface area contributed by atoms with Gasteiger partial charge >= 0.3 is 6.18 Å². The minimum absolute atomic E-state index is 0.00287. The van der Waals surface area contributed by atoms with E-state index >= 15 is 0 Å². The predicted molar refractivity (Wildman–Crippen MR) is 124 cm³/mol. The molecule has 2 aromatic heterocycles. The first-order chi connectivity index (χ1) is 17.4. The molecule has 2 heterocycles. The topological polar surface area (TPSA) is 125 Å². The summed E-state index contributed by atoms with van der Waals surface area (Å²) in [7, 11) is 0. The third-order valence-corrected chi connectivity index (χ3v) is 5.39. The highest BCUT2D eigenvalue weighted by molar-refractivity contribution is 6.31. The maximum Gasteiger partial charge on any atom is 0.437 e. The molecule has 0 amide bonds. The first-order valence-corrected chi connectivity index (χ1v) is 10.8. The van der Waals surface area contributed by atoms with Crippen molar-refractivity contribution in [3.8, 4) is 28.8 Å². The molecule has 0 bridgehead atoms. The third-order valence-electron chi connectivity index (χ3n) is 4.87. The van der Waals surface area contributed by atoms with E-state index in [2.05, 4.69) is 20.2 Å². The van der Waals surface area contributed by atoms with Gasteiger partial charge in [0, 0.05) is 22.6 Å². The van der Waals surface area contributed by atoms with Gasteiger partial charge in [0.15, 0.2) is 5.69 Å². The molecule has 2 N–H and O–H groups in total. The lowest BCUT2D eigenvalue weighted by Crippen LogP contribution is -2.23. The summed E-state index contributed by atoms with van der Waals surface area (Å²) >= 11 is 11.5. The lowest BCUT2D eigenvalue weighted by molar-refractivity contribution is -0.142. The smallest absolute Gasteiger partial charge is 0.437 e. The van der Waals surface area contributed by atoms with Crippen LogP contribution in [0.15, 0.2) is 52.1 Å². The van der Waals surface area contributed by atoms with Gasteiger partial charge in [-0.15, -0.1) is 0 Å². The lowest BCUT2D eigenvalue weighted by Gasteiger charge is -2.14. The normalized spacial score (nSPS) is 11.3. The molecule has 0 spiro atoms. The first kappa shape index (κ1) is 25.9. The zero-order chi connectivity index (χ0) is 26.9. The number of benzene rings is 2. The molecule has 0 saturated carbocycles. The molecule has 0 atom stereocenters. The van der Waals surface area contributed by atoms with Crippen LogP contribution in [0.25, 0.3) is 11.3 Å². The second-order valence-electron chi connectivity index (χ2n) is 7.49. The monoisotopic (exact) mass is 551 g/mol. The number of nitrogens with one attached hydrogen (secondary N) is 2. The van der Waals surface area contributed by atoms with Crippen molar-refractivity contribution in [3.63, 3.8) is 0 Å².